The molecule has 0 saturated carbocycles. The summed E-state index contributed by atoms with van der Waals surface area (Å²) in [5, 5.41) is 2.80. The van der Waals surface area contributed by atoms with E-state index in [0.717, 1.165) is 24.8 Å². The number of halogens is 1. The summed E-state index contributed by atoms with van der Waals surface area (Å²) in [6.07, 6.45) is 8.55. The van der Waals surface area contributed by atoms with Gasteiger partial charge in [-0.1, -0.05) is 12.1 Å². The Bertz CT molecular complexity index is 1110. The largest absolute Gasteiger partial charge is 0.348 e. The summed E-state index contributed by atoms with van der Waals surface area (Å²) < 4.78 is 13.0. The summed E-state index contributed by atoms with van der Waals surface area (Å²) in [4.78, 5) is 44.4. The van der Waals surface area contributed by atoms with E-state index in [0.29, 0.717) is 23.6 Å². The third kappa shape index (κ3) is 4.77. The predicted molar refractivity (Wildman–Crippen MR) is 114 cm³/mol. The fourth-order valence-electron chi connectivity index (χ4n) is 3.75. The minimum atomic E-state index is -0.325. The van der Waals surface area contributed by atoms with Crippen molar-refractivity contribution in [3.05, 3.63) is 83.2 Å². The fraction of sp³-hybridized carbons (Fsp3) is 0.304. The van der Waals surface area contributed by atoms with Gasteiger partial charge in [0, 0.05) is 31.7 Å². The summed E-state index contributed by atoms with van der Waals surface area (Å²) in [5.41, 5.74) is 1.96. The van der Waals surface area contributed by atoms with Crippen molar-refractivity contribution >= 4 is 11.8 Å². The molecule has 0 aliphatic carbocycles. The van der Waals surface area contributed by atoms with Crippen LogP contribution in [0.5, 0.6) is 0 Å². The van der Waals surface area contributed by atoms with Crippen molar-refractivity contribution in [2.45, 2.75) is 38.8 Å². The van der Waals surface area contributed by atoms with Gasteiger partial charge in [0.1, 0.15) is 11.5 Å². The molecule has 0 radical (unpaired) electrons. The highest BCUT2D eigenvalue weighted by molar-refractivity contribution is 5.95. The summed E-state index contributed by atoms with van der Waals surface area (Å²) >= 11 is 0. The first-order valence-electron chi connectivity index (χ1n) is 10.5. The van der Waals surface area contributed by atoms with Crippen LogP contribution in [0, 0.1) is 12.7 Å². The molecule has 4 rings (SSSR count). The van der Waals surface area contributed by atoms with Gasteiger partial charge in [-0.25, -0.2) is 19.3 Å². The van der Waals surface area contributed by atoms with Crippen LogP contribution in [0.4, 0.5) is 4.39 Å². The number of amides is 2. The van der Waals surface area contributed by atoms with Crippen LogP contribution in [-0.4, -0.2) is 43.2 Å². The minimum Gasteiger partial charge on any atom is -0.348 e. The zero-order chi connectivity index (χ0) is 22.5. The summed E-state index contributed by atoms with van der Waals surface area (Å²) in [6.45, 7) is 2.60. The van der Waals surface area contributed by atoms with E-state index in [1.807, 2.05) is 0 Å². The molecular weight excluding hydrogens is 411 g/mol. The second kappa shape index (κ2) is 9.59. The van der Waals surface area contributed by atoms with Gasteiger partial charge in [0.2, 0.25) is 0 Å². The van der Waals surface area contributed by atoms with Crippen LogP contribution in [0.1, 0.15) is 63.2 Å². The Labute approximate surface area is 185 Å². The number of carbonyl (C=O) groups excluding carboxylic acids is 2. The molecule has 3 aromatic rings. The van der Waals surface area contributed by atoms with E-state index in [2.05, 4.69) is 25.3 Å². The Kier molecular flexibility index (Phi) is 6.44. The van der Waals surface area contributed by atoms with Crippen LogP contribution in [-0.2, 0) is 6.54 Å². The molecule has 1 N–H and O–H groups in total. The van der Waals surface area contributed by atoms with Crippen LogP contribution in [0.3, 0.4) is 0 Å². The molecule has 8 nitrogen and oxygen atoms in total. The summed E-state index contributed by atoms with van der Waals surface area (Å²) in [7, 11) is 0. The molecule has 1 fully saturated rings. The smallest absolute Gasteiger partial charge is 0.274 e. The summed E-state index contributed by atoms with van der Waals surface area (Å²) in [5.74, 6) is -0.330. The number of piperidine rings is 1. The first-order valence-corrected chi connectivity index (χ1v) is 10.5. The first kappa shape index (κ1) is 21.5. The number of likely N-dealkylation sites (tertiary alicyclic amines) is 1. The van der Waals surface area contributed by atoms with Crippen LogP contribution < -0.4 is 5.32 Å². The van der Waals surface area contributed by atoms with Crippen molar-refractivity contribution in [2.75, 3.05) is 6.54 Å². The van der Waals surface area contributed by atoms with Gasteiger partial charge in [-0.15, -0.1) is 0 Å². The topological polar surface area (TPSA) is 101 Å². The number of rotatable bonds is 5. The van der Waals surface area contributed by atoms with E-state index in [1.165, 1.54) is 36.9 Å². The monoisotopic (exact) mass is 434 g/mol. The second-order valence-corrected chi connectivity index (χ2v) is 7.64. The van der Waals surface area contributed by atoms with Gasteiger partial charge >= 0.3 is 0 Å². The highest BCUT2D eigenvalue weighted by Gasteiger charge is 2.31. The third-order valence-electron chi connectivity index (χ3n) is 5.45. The number of aromatic nitrogens is 4. The zero-order valence-electron chi connectivity index (χ0n) is 17.7. The van der Waals surface area contributed by atoms with Gasteiger partial charge in [0.05, 0.1) is 23.5 Å². The van der Waals surface area contributed by atoms with Crippen molar-refractivity contribution in [1.29, 1.82) is 0 Å². The molecule has 32 heavy (non-hydrogen) atoms. The van der Waals surface area contributed by atoms with Crippen LogP contribution in [0.25, 0.3) is 0 Å². The lowest BCUT2D eigenvalue weighted by Gasteiger charge is -2.34. The molecule has 1 atom stereocenters. The van der Waals surface area contributed by atoms with E-state index in [9.17, 15) is 14.0 Å². The second-order valence-electron chi connectivity index (χ2n) is 7.64. The molecule has 2 aromatic heterocycles. The Morgan fingerprint density at radius 1 is 1.12 bits per heavy atom. The maximum atomic E-state index is 13.0. The number of hydrogen-bond donors (Lipinski definition) is 1. The molecule has 9 heteroatoms. The average molecular weight is 434 g/mol. The maximum Gasteiger partial charge on any atom is 0.274 e. The maximum absolute atomic E-state index is 13.0. The molecular formula is C23H23FN6O2. The van der Waals surface area contributed by atoms with E-state index in [1.54, 1.807) is 24.0 Å². The average Bonchev–Trinajstić information content (AvgIpc) is 2.83. The van der Waals surface area contributed by atoms with Crippen LogP contribution in [0.15, 0.2) is 49.1 Å². The van der Waals surface area contributed by atoms with E-state index < -0.39 is 0 Å². The normalized spacial score (nSPS) is 15.9. The van der Waals surface area contributed by atoms with Crippen molar-refractivity contribution in [2.24, 2.45) is 0 Å². The molecule has 3 heterocycles. The molecule has 0 spiro atoms. The first-order chi connectivity index (χ1) is 15.5. The molecule has 1 aliphatic heterocycles. The lowest BCUT2D eigenvalue weighted by Crippen LogP contribution is -2.40. The SMILES string of the molecule is Cc1nc([C@@H]2CCCCN2C(=O)c2cnccn2)ncc1C(=O)NCc1ccc(F)cc1. The Hall–Kier alpha value is -3.75. The van der Waals surface area contributed by atoms with E-state index >= 15 is 0 Å². The Balaban J connectivity index is 1.49. The van der Waals surface area contributed by atoms with Crippen molar-refractivity contribution < 1.29 is 14.0 Å². The minimum absolute atomic E-state index is 0.204. The molecule has 0 unspecified atom stereocenters. The van der Waals surface area contributed by atoms with Crippen molar-refractivity contribution in [3.8, 4) is 0 Å². The van der Waals surface area contributed by atoms with Crippen LogP contribution in [0.2, 0.25) is 0 Å². The fourth-order valence-corrected chi connectivity index (χ4v) is 3.75. The number of nitrogens with zero attached hydrogens (tertiary/aromatic N) is 5. The number of aryl methyl sites for hydroxylation is 1. The van der Waals surface area contributed by atoms with Gasteiger partial charge in [-0.05, 0) is 43.9 Å². The zero-order valence-corrected chi connectivity index (χ0v) is 17.7. The van der Waals surface area contributed by atoms with Gasteiger partial charge in [-0.2, -0.15) is 0 Å². The van der Waals surface area contributed by atoms with Gasteiger partial charge in [0.15, 0.2) is 5.82 Å². The predicted octanol–water partition coefficient (Wildman–Crippen LogP) is 3.01. The van der Waals surface area contributed by atoms with Crippen molar-refractivity contribution in [3.63, 3.8) is 0 Å². The Morgan fingerprint density at radius 3 is 2.66 bits per heavy atom. The number of nitrogens with one attached hydrogen (secondary N) is 1. The lowest BCUT2D eigenvalue weighted by atomic mass is 10.0. The molecule has 2 amide bonds. The number of carbonyl (C=O) groups is 2. The molecule has 1 saturated heterocycles. The Morgan fingerprint density at radius 2 is 1.94 bits per heavy atom. The molecule has 1 aromatic carbocycles. The van der Waals surface area contributed by atoms with Gasteiger partial charge < -0.3 is 10.2 Å². The van der Waals surface area contributed by atoms with Gasteiger partial charge in [0.25, 0.3) is 11.8 Å². The highest BCUT2D eigenvalue weighted by atomic mass is 19.1. The van der Waals surface area contributed by atoms with Gasteiger partial charge in [-0.3, -0.25) is 14.6 Å². The standard InChI is InChI=1S/C23H23FN6O2/c1-15-18(22(31)28-12-16-5-7-17(24)8-6-16)13-27-21(29-15)20-4-2-3-11-30(20)23(32)19-14-25-9-10-26-19/h5-10,13-14,20H,2-4,11-12H2,1H3,(H,28,31)/t20-/m0/s1. The molecule has 1 aliphatic rings. The van der Waals surface area contributed by atoms with E-state index in [-0.39, 0.29) is 35.9 Å². The molecule has 164 valence electrons. The lowest BCUT2D eigenvalue weighted by molar-refractivity contribution is 0.0592. The van der Waals surface area contributed by atoms with E-state index in [4.69, 9.17) is 0 Å². The quantitative estimate of drug-likeness (QED) is 0.663. The highest BCUT2D eigenvalue weighted by Crippen LogP contribution is 2.30. The number of benzene rings is 1. The third-order valence-corrected chi connectivity index (χ3v) is 5.45. The summed E-state index contributed by atoms with van der Waals surface area (Å²) in [6, 6.07) is 5.65. The van der Waals surface area contributed by atoms with Crippen molar-refractivity contribution in [1.82, 2.24) is 30.2 Å². The molecule has 0 bridgehead atoms. The number of hydrogen-bond acceptors (Lipinski definition) is 6. The van der Waals surface area contributed by atoms with Crippen LogP contribution >= 0.6 is 0 Å².